The van der Waals surface area contributed by atoms with E-state index in [4.69, 9.17) is 0 Å². The number of halogens is 1. The predicted molar refractivity (Wildman–Crippen MR) is 125 cm³/mol. The van der Waals surface area contributed by atoms with Gasteiger partial charge in [-0.25, -0.2) is 4.98 Å². The lowest BCUT2D eigenvalue weighted by atomic mass is 10.1. The number of rotatable bonds is 7. The second-order valence-corrected chi connectivity index (χ2v) is 9.50. The Morgan fingerprint density at radius 3 is 2.52 bits per heavy atom. The number of nitrogens with zero attached hydrogens (tertiary/aromatic N) is 2. The molecule has 0 radical (unpaired) electrons. The largest absolute Gasteiger partial charge is 0.349 e. The number of carbonyl (C=O) groups excluding carboxylic acids is 2. The Labute approximate surface area is 194 Å². The maximum Gasteiger partial charge on any atom is 0.255 e. The van der Waals surface area contributed by atoms with Crippen LogP contribution in [0.4, 0.5) is 0 Å². The molecule has 1 fully saturated rings. The second-order valence-electron chi connectivity index (χ2n) is 7.52. The summed E-state index contributed by atoms with van der Waals surface area (Å²) in [6.07, 6.45) is 3.87. The quantitative estimate of drug-likeness (QED) is 0.491. The monoisotopic (exact) mass is 495 g/mol. The first-order valence-electron chi connectivity index (χ1n) is 10.0. The van der Waals surface area contributed by atoms with Crippen LogP contribution in [0.2, 0.25) is 0 Å². The van der Waals surface area contributed by atoms with E-state index in [9.17, 15) is 9.59 Å². The van der Waals surface area contributed by atoms with Crippen molar-refractivity contribution in [3.8, 4) is 0 Å². The van der Waals surface area contributed by atoms with E-state index >= 15 is 0 Å². The zero-order chi connectivity index (χ0) is 21.8. The van der Waals surface area contributed by atoms with Gasteiger partial charge in [0.1, 0.15) is 5.03 Å². The molecule has 158 valence electrons. The Hall–Kier alpha value is -2.64. The Morgan fingerprint density at radius 1 is 1.10 bits per heavy atom. The molecule has 2 aromatic carbocycles. The Balaban J connectivity index is 1.43. The Kier molecular flexibility index (Phi) is 6.73. The Bertz CT molecular complexity index is 1080. The summed E-state index contributed by atoms with van der Waals surface area (Å²) in [6, 6.07) is 19.2. The average molecular weight is 496 g/mol. The highest BCUT2D eigenvalue weighted by Crippen LogP contribution is 2.30. The van der Waals surface area contributed by atoms with Crippen molar-refractivity contribution >= 4 is 39.5 Å². The van der Waals surface area contributed by atoms with Gasteiger partial charge in [0.25, 0.3) is 11.8 Å². The van der Waals surface area contributed by atoms with E-state index in [1.54, 1.807) is 18.1 Å². The van der Waals surface area contributed by atoms with Gasteiger partial charge in [-0.2, -0.15) is 0 Å². The van der Waals surface area contributed by atoms with Gasteiger partial charge in [0.2, 0.25) is 0 Å². The van der Waals surface area contributed by atoms with Gasteiger partial charge in [0.05, 0.1) is 5.56 Å². The molecule has 1 aliphatic rings. The van der Waals surface area contributed by atoms with Gasteiger partial charge >= 0.3 is 0 Å². The topological polar surface area (TPSA) is 62.3 Å². The first-order chi connectivity index (χ1) is 15.0. The van der Waals surface area contributed by atoms with Gasteiger partial charge < -0.3 is 10.2 Å². The number of carbonyl (C=O) groups is 2. The molecule has 3 aromatic rings. The van der Waals surface area contributed by atoms with Crippen molar-refractivity contribution in [1.29, 1.82) is 0 Å². The van der Waals surface area contributed by atoms with Crippen LogP contribution in [0.1, 0.15) is 39.1 Å². The number of amides is 2. The smallest absolute Gasteiger partial charge is 0.255 e. The first kappa shape index (κ1) is 21.6. The van der Waals surface area contributed by atoms with E-state index in [-0.39, 0.29) is 11.8 Å². The molecule has 4 rings (SSSR count). The lowest BCUT2D eigenvalue weighted by molar-refractivity contribution is 0.0781. The summed E-state index contributed by atoms with van der Waals surface area (Å²) in [5, 5.41) is 3.81. The summed E-state index contributed by atoms with van der Waals surface area (Å²) < 4.78 is 0.914. The van der Waals surface area contributed by atoms with Crippen molar-refractivity contribution in [1.82, 2.24) is 15.2 Å². The molecule has 1 aliphatic carbocycles. The van der Waals surface area contributed by atoms with Crippen LogP contribution in [0.5, 0.6) is 0 Å². The van der Waals surface area contributed by atoms with Gasteiger partial charge in [-0.1, -0.05) is 36.0 Å². The number of pyridine rings is 1. The van der Waals surface area contributed by atoms with Crippen LogP contribution < -0.4 is 5.32 Å². The van der Waals surface area contributed by atoms with Crippen LogP contribution in [-0.4, -0.2) is 34.8 Å². The maximum absolute atomic E-state index is 13.1. The molecular weight excluding hydrogens is 474 g/mol. The van der Waals surface area contributed by atoms with E-state index in [0.29, 0.717) is 23.7 Å². The normalized spacial score (nSPS) is 13.0. The van der Waals surface area contributed by atoms with E-state index < -0.39 is 0 Å². The van der Waals surface area contributed by atoms with Crippen LogP contribution in [0.15, 0.2) is 81.3 Å². The molecule has 7 heteroatoms. The molecule has 1 N–H and O–H groups in total. The molecular formula is C24H22BrN3O2S. The van der Waals surface area contributed by atoms with Gasteiger partial charge in [-0.3, -0.25) is 9.59 Å². The van der Waals surface area contributed by atoms with E-state index in [1.807, 2.05) is 60.7 Å². The number of hydrogen-bond donors (Lipinski definition) is 1. The molecule has 1 saturated carbocycles. The lowest BCUT2D eigenvalue weighted by Crippen LogP contribution is -2.27. The van der Waals surface area contributed by atoms with Crippen LogP contribution in [0.3, 0.4) is 0 Å². The van der Waals surface area contributed by atoms with E-state index in [1.165, 1.54) is 11.8 Å². The molecule has 1 aromatic heterocycles. The zero-order valence-electron chi connectivity index (χ0n) is 17.0. The van der Waals surface area contributed by atoms with Crippen molar-refractivity contribution in [2.45, 2.75) is 35.3 Å². The van der Waals surface area contributed by atoms with Crippen molar-refractivity contribution < 1.29 is 9.59 Å². The van der Waals surface area contributed by atoms with Crippen LogP contribution in [0, 0.1) is 0 Å². The molecule has 31 heavy (non-hydrogen) atoms. The zero-order valence-corrected chi connectivity index (χ0v) is 19.4. The lowest BCUT2D eigenvalue weighted by Gasteiger charge is -2.19. The van der Waals surface area contributed by atoms with Gasteiger partial charge in [-0.05, 0) is 70.7 Å². The predicted octanol–water partition coefficient (Wildman–Crippen LogP) is 5.16. The Morgan fingerprint density at radius 2 is 1.84 bits per heavy atom. The van der Waals surface area contributed by atoms with Crippen LogP contribution in [0.25, 0.3) is 0 Å². The molecule has 5 nitrogen and oxygen atoms in total. The number of aromatic nitrogens is 1. The third-order valence-electron chi connectivity index (χ3n) is 4.93. The fourth-order valence-corrected chi connectivity index (χ4v) is 4.19. The summed E-state index contributed by atoms with van der Waals surface area (Å²) in [4.78, 5) is 32.2. The molecule has 1 heterocycles. The third kappa shape index (κ3) is 5.74. The second kappa shape index (κ2) is 9.66. The van der Waals surface area contributed by atoms with Crippen molar-refractivity contribution in [2.24, 2.45) is 0 Å². The van der Waals surface area contributed by atoms with Crippen molar-refractivity contribution in [3.63, 3.8) is 0 Å². The fourth-order valence-electron chi connectivity index (χ4n) is 3.08. The minimum absolute atomic E-state index is 0.0361. The molecule has 0 saturated heterocycles. The minimum Gasteiger partial charge on any atom is -0.349 e. The minimum atomic E-state index is -0.0595. The molecule has 0 spiro atoms. The van der Waals surface area contributed by atoms with Crippen LogP contribution in [-0.2, 0) is 6.54 Å². The molecule has 0 aliphatic heterocycles. The summed E-state index contributed by atoms with van der Waals surface area (Å²) in [5.74, 6) is -0.0956. The van der Waals surface area contributed by atoms with E-state index in [2.05, 4.69) is 26.2 Å². The highest BCUT2D eigenvalue weighted by molar-refractivity contribution is 9.10. The summed E-state index contributed by atoms with van der Waals surface area (Å²) >= 11 is 4.86. The van der Waals surface area contributed by atoms with E-state index in [0.717, 1.165) is 32.8 Å². The molecule has 2 amide bonds. The van der Waals surface area contributed by atoms with Crippen molar-refractivity contribution in [2.75, 3.05) is 7.05 Å². The number of benzene rings is 2. The average Bonchev–Trinajstić information content (AvgIpc) is 3.59. The standard InChI is InChI=1S/C24H22BrN3O2S/c1-28(15-16-6-8-17(9-7-16)23(29)27-19-11-12-19)24(30)20-4-2-3-5-21(20)31-22-13-10-18(25)14-26-22/h2-10,13-14,19H,11-12,15H2,1H3,(H,27,29). The van der Waals surface area contributed by atoms with Crippen LogP contribution >= 0.6 is 27.7 Å². The van der Waals surface area contributed by atoms with Gasteiger partial charge in [0, 0.05) is 40.8 Å². The fraction of sp³-hybridized carbons (Fsp3) is 0.208. The molecule has 0 atom stereocenters. The SMILES string of the molecule is CN(Cc1ccc(C(=O)NC2CC2)cc1)C(=O)c1ccccc1Sc1ccc(Br)cn1. The summed E-state index contributed by atoms with van der Waals surface area (Å²) in [6.45, 7) is 0.457. The molecule has 0 unspecified atom stereocenters. The highest BCUT2D eigenvalue weighted by Gasteiger charge is 2.23. The van der Waals surface area contributed by atoms with Gasteiger partial charge in [0.15, 0.2) is 0 Å². The first-order valence-corrected chi connectivity index (χ1v) is 11.6. The van der Waals surface area contributed by atoms with Gasteiger partial charge in [-0.15, -0.1) is 0 Å². The summed E-state index contributed by atoms with van der Waals surface area (Å²) in [7, 11) is 1.79. The third-order valence-corrected chi connectivity index (χ3v) is 6.42. The number of nitrogens with one attached hydrogen (secondary N) is 1. The molecule has 0 bridgehead atoms. The maximum atomic E-state index is 13.1. The highest BCUT2D eigenvalue weighted by atomic mass is 79.9. The van der Waals surface area contributed by atoms with Crippen molar-refractivity contribution in [3.05, 3.63) is 88.0 Å². The number of hydrogen-bond acceptors (Lipinski definition) is 4. The summed E-state index contributed by atoms with van der Waals surface area (Å²) in [5.41, 5.74) is 2.26.